The molecule has 0 saturated carbocycles. The van der Waals surface area contributed by atoms with Gasteiger partial charge in [-0.05, 0) is 70.0 Å². The molecule has 0 radical (unpaired) electrons. The first-order chi connectivity index (χ1) is 17.3. The van der Waals surface area contributed by atoms with Gasteiger partial charge in [-0.3, -0.25) is 0 Å². The first-order valence-electron chi connectivity index (χ1n) is 12.2. The largest absolute Gasteiger partial charge is 0.457 e. The number of piperidine rings is 1. The molecule has 5 rings (SSSR count). The smallest absolute Gasteiger partial charge is 0.410 e. The van der Waals surface area contributed by atoms with Crippen molar-refractivity contribution in [3.05, 3.63) is 72.7 Å². The van der Waals surface area contributed by atoms with E-state index in [1.165, 1.54) is 6.33 Å². The van der Waals surface area contributed by atoms with Crippen molar-refractivity contribution in [2.75, 3.05) is 18.8 Å². The molecule has 4 aromatic rings. The number of rotatable bonds is 4. The number of hydrogen-bond donors (Lipinski definition) is 1. The van der Waals surface area contributed by atoms with Gasteiger partial charge in [0.05, 0.1) is 5.52 Å². The van der Waals surface area contributed by atoms with Crippen LogP contribution in [0, 0.1) is 0 Å². The number of carbonyl (C=O) groups excluding carboxylic acids is 1. The van der Waals surface area contributed by atoms with Crippen molar-refractivity contribution in [2.45, 2.75) is 45.1 Å². The second-order valence-corrected chi connectivity index (χ2v) is 10.1. The lowest BCUT2D eigenvalue weighted by molar-refractivity contribution is 0.0198. The molecule has 0 aliphatic carbocycles. The van der Waals surface area contributed by atoms with Crippen LogP contribution >= 0.6 is 0 Å². The number of ether oxygens (including phenoxy) is 2. The summed E-state index contributed by atoms with van der Waals surface area (Å²) in [6.07, 6.45) is 5.14. The van der Waals surface area contributed by atoms with Crippen molar-refractivity contribution < 1.29 is 14.3 Å². The normalized spacial score (nSPS) is 16.2. The number of nitrogen functional groups attached to an aromatic ring is 1. The molecule has 8 nitrogen and oxygen atoms in total. The van der Waals surface area contributed by atoms with E-state index in [1.54, 1.807) is 4.90 Å². The summed E-state index contributed by atoms with van der Waals surface area (Å²) in [5.74, 6) is 2.05. The fourth-order valence-corrected chi connectivity index (χ4v) is 4.63. The van der Waals surface area contributed by atoms with Gasteiger partial charge in [0.1, 0.15) is 28.9 Å². The first-order valence-corrected chi connectivity index (χ1v) is 12.2. The number of anilines is 1. The highest BCUT2D eigenvalue weighted by Crippen LogP contribution is 2.36. The van der Waals surface area contributed by atoms with E-state index in [2.05, 4.69) is 16.2 Å². The van der Waals surface area contributed by atoms with Crippen LogP contribution < -0.4 is 10.5 Å². The molecule has 2 aromatic carbocycles. The van der Waals surface area contributed by atoms with Crippen molar-refractivity contribution in [3.63, 3.8) is 0 Å². The lowest BCUT2D eigenvalue weighted by Crippen LogP contribution is -2.42. The summed E-state index contributed by atoms with van der Waals surface area (Å²) in [4.78, 5) is 23.4. The van der Waals surface area contributed by atoms with Crippen LogP contribution in [0.4, 0.5) is 10.6 Å². The monoisotopic (exact) mass is 485 g/mol. The van der Waals surface area contributed by atoms with E-state index in [-0.39, 0.29) is 12.0 Å². The highest BCUT2D eigenvalue weighted by Gasteiger charge is 2.31. The molecule has 1 unspecified atom stereocenters. The molecular weight excluding hydrogens is 454 g/mol. The molecule has 8 heteroatoms. The maximum Gasteiger partial charge on any atom is 0.410 e. The second kappa shape index (κ2) is 9.53. The molecule has 1 fully saturated rings. The summed E-state index contributed by atoms with van der Waals surface area (Å²) >= 11 is 0. The van der Waals surface area contributed by atoms with Gasteiger partial charge in [0.25, 0.3) is 0 Å². The average Bonchev–Trinajstić information content (AvgIpc) is 3.25. The highest BCUT2D eigenvalue weighted by molar-refractivity contribution is 5.90. The number of fused-ring (bicyclic) bond motifs is 1. The van der Waals surface area contributed by atoms with Crippen molar-refractivity contribution >= 4 is 22.9 Å². The van der Waals surface area contributed by atoms with Gasteiger partial charge < -0.3 is 24.7 Å². The molecule has 186 valence electrons. The summed E-state index contributed by atoms with van der Waals surface area (Å²) in [5.41, 5.74) is 9.35. The van der Waals surface area contributed by atoms with Crippen LogP contribution in [0.15, 0.2) is 67.1 Å². The molecule has 1 amide bonds. The SMILES string of the molecule is CC(C)(C)OC(=O)N1CCCC(c2cn(-c3ccc(Oc4ccccc4)cc3)c3c(N)ncnc23)C1. The summed E-state index contributed by atoms with van der Waals surface area (Å²) in [6, 6.07) is 17.5. The summed E-state index contributed by atoms with van der Waals surface area (Å²) in [7, 11) is 0. The van der Waals surface area contributed by atoms with Crippen LogP contribution in [0.1, 0.15) is 45.1 Å². The van der Waals surface area contributed by atoms with E-state index >= 15 is 0 Å². The number of benzene rings is 2. The van der Waals surface area contributed by atoms with Gasteiger partial charge in [0.2, 0.25) is 0 Å². The molecule has 1 atom stereocenters. The predicted molar refractivity (Wildman–Crippen MR) is 140 cm³/mol. The van der Waals surface area contributed by atoms with E-state index in [0.29, 0.717) is 18.9 Å². The van der Waals surface area contributed by atoms with E-state index in [1.807, 2.05) is 79.9 Å². The molecule has 36 heavy (non-hydrogen) atoms. The molecule has 0 bridgehead atoms. The molecule has 0 spiro atoms. The predicted octanol–water partition coefficient (Wildman–Crippen LogP) is 5.91. The van der Waals surface area contributed by atoms with Crippen LogP contribution in [0.5, 0.6) is 11.5 Å². The lowest BCUT2D eigenvalue weighted by Gasteiger charge is -2.34. The maximum absolute atomic E-state index is 12.7. The van der Waals surface area contributed by atoms with E-state index in [0.717, 1.165) is 46.6 Å². The number of carbonyl (C=O) groups is 1. The summed E-state index contributed by atoms with van der Waals surface area (Å²) < 4.78 is 13.6. The fourth-order valence-electron chi connectivity index (χ4n) is 4.63. The molecule has 1 saturated heterocycles. The molecular formula is C28H31N5O3. The Morgan fingerprint density at radius 1 is 1.03 bits per heavy atom. The maximum atomic E-state index is 12.7. The Bertz CT molecular complexity index is 1360. The summed E-state index contributed by atoms with van der Waals surface area (Å²) in [6.45, 7) is 6.91. The van der Waals surface area contributed by atoms with Gasteiger partial charge in [-0.1, -0.05) is 18.2 Å². The van der Waals surface area contributed by atoms with Crippen LogP contribution in [0.3, 0.4) is 0 Å². The minimum absolute atomic E-state index is 0.116. The lowest BCUT2D eigenvalue weighted by atomic mass is 9.92. The van der Waals surface area contributed by atoms with E-state index in [4.69, 9.17) is 15.2 Å². The van der Waals surface area contributed by atoms with Crippen molar-refractivity contribution in [1.82, 2.24) is 19.4 Å². The number of aromatic nitrogens is 3. The van der Waals surface area contributed by atoms with Gasteiger partial charge in [0, 0.05) is 36.5 Å². The molecule has 2 aromatic heterocycles. The van der Waals surface area contributed by atoms with E-state index in [9.17, 15) is 4.79 Å². The number of para-hydroxylation sites is 1. The Morgan fingerprint density at radius 2 is 1.75 bits per heavy atom. The number of hydrogen-bond acceptors (Lipinski definition) is 6. The quantitative estimate of drug-likeness (QED) is 0.386. The Hall–Kier alpha value is -4.07. The topological polar surface area (TPSA) is 95.5 Å². The third kappa shape index (κ3) is 4.98. The summed E-state index contributed by atoms with van der Waals surface area (Å²) in [5, 5.41) is 0. The molecule has 1 aliphatic heterocycles. The Labute approximate surface area is 210 Å². The zero-order chi connectivity index (χ0) is 25.3. The van der Waals surface area contributed by atoms with Crippen molar-refractivity contribution in [2.24, 2.45) is 0 Å². The number of nitrogens with two attached hydrogens (primary N) is 1. The Morgan fingerprint density at radius 3 is 2.47 bits per heavy atom. The Kier molecular flexibility index (Phi) is 6.26. The fraction of sp³-hybridized carbons (Fsp3) is 0.321. The third-order valence-electron chi connectivity index (χ3n) is 6.24. The second-order valence-electron chi connectivity index (χ2n) is 10.1. The standard InChI is InChI=1S/C28H31N5O3/c1-28(2,3)36-27(34)32-15-7-8-19(16-32)23-17-33(25-24(23)30-18-31-26(25)29)20-11-13-22(14-12-20)35-21-9-5-4-6-10-21/h4-6,9-14,17-19H,7-8,15-16H2,1-3H3,(H2,29,30,31). The zero-order valence-corrected chi connectivity index (χ0v) is 20.8. The van der Waals surface area contributed by atoms with E-state index < -0.39 is 5.60 Å². The number of amides is 1. The van der Waals surface area contributed by atoms with Crippen LogP contribution in [-0.2, 0) is 4.74 Å². The molecule has 3 heterocycles. The van der Waals surface area contributed by atoms with Gasteiger partial charge in [-0.25, -0.2) is 14.8 Å². The number of likely N-dealkylation sites (tertiary alicyclic amines) is 1. The molecule has 1 aliphatic rings. The Balaban J connectivity index is 1.45. The highest BCUT2D eigenvalue weighted by atomic mass is 16.6. The third-order valence-corrected chi connectivity index (χ3v) is 6.24. The minimum Gasteiger partial charge on any atom is -0.457 e. The van der Waals surface area contributed by atoms with Crippen LogP contribution in [0.2, 0.25) is 0 Å². The zero-order valence-electron chi connectivity index (χ0n) is 20.8. The van der Waals surface area contributed by atoms with Gasteiger partial charge in [-0.2, -0.15) is 0 Å². The van der Waals surface area contributed by atoms with Crippen LogP contribution in [-0.4, -0.2) is 44.2 Å². The average molecular weight is 486 g/mol. The molecule has 2 N–H and O–H groups in total. The van der Waals surface area contributed by atoms with Crippen molar-refractivity contribution in [3.8, 4) is 17.2 Å². The van der Waals surface area contributed by atoms with Gasteiger partial charge in [-0.15, -0.1) is 0 Å². The minimum atomic E-state index is -0.530. The first kappa shape index (κ1) is 23.7. The van der Waals surface area contributed by atoms with Crippen molar-refractivity contribution in [1.29, 1.82) is 0 Å². The van der Waals surface area contributed by atoms with Crippen LogP contribution in [0.25, 0.3) is 16.7 Å². The van der Waals surface area contributed by atoms with Gasteiger partial charge >= 0.3 is 6.09 Å². The van der Waals surface area contributed by atoms with Gasteiger partial charge in [0.15, 0.2) is 5.82 Å². The number of nitrogens with zero attached hydrogens (tertiary/aromatic N) is 4.